The minimum absolute atomic E-state index is 0.0933. The number of halogens is 2. The summed E-state index contributed by atoms with van der Waals surface area (Å²) in [4.78, 5) is 15.9. The van der Waals surface area contributed by atoms with Crippen LogP contribution in [0.4, 0.5) is 4.39 Å². The van der Waals surface area contributed by atoms with Crippen LogP contribution in [-0.2, 0) is 16.1 Å². The Morgan fingerprint density at radius 2 is 2.05 bits per heavy atom. The van der Waals surface area contributed by atoms with Gasteiger partial charge in [0, 0.05) is 49.7 Å². The molecule has 0 radical (unpaired) electrons. The van der Waals surface area contributed by atoms with Gasteiger partial charge in [-0.25, -0.2) is 4.39 Å². The number of carbonyl (C=O) groups excluding carboxylic acids is 1. The first kappa shape index (κ1) is 14.8. The molecular formula is C15H18ClFN2O2. The van der Waals surface area contributed by atoms with Crippen molar-refractivity contribution in [3.63, 3.8) is 0 Å². The lowest BCUT2D eigenvalue weighted by Gasteiger charge is -2.36. The van der Waals surface area contributed by atoms with E-state index in [9.17, 15) is 9.18 Å². The van der Waals surface area contributed by atoms with Crippen molar-refractivity contribution in [1.29, 1.82) is 0 Å². The zero-order chi connectivity index (χ0) is 14.8. The molecule has 0 amide bonds. The maximum Gasteiger partial charge on any atom is 0.323 e. The van der Waals surface area contributed by atoms with Gasteiger partial charge in [0.05, 0.1) is 6.61 Å². The number of ether oxygens (including phenoxy) is 1. The average Bonchev–Trinajstić information content (AvgIpc) is 2.90. The van der Waals surface area contributed by atoms with Crippen LogP contribution >= 0.6 is 11.6 Å². The second-order valence-corrected chi connectivity index (χ2v) is 5.89. The Balaban J connectivity index is 1.57. The van der Waals surface area contributed by atoms with Crippen molar-refractivity contribution >= 4 is 17.6 Å². The standard InChI is InChI=1S/C15H18ClFN2O2/c16-12-2-1-3-13(17)11(12)10-18-5-7-19(8-6-18)14-4-9-21-15(14)20/h1-3,14H,4-10H2. The fraction of sp³-hybridized carbons (Fsp3) is 0.533. The van der Waals surface area contributed by atoms with Crippen molar-refractivity contribution < 1.29 is 13.9 Å². The van der Waals surface area contributed by atoms with E-state index < -0.39 is 0 Å². The topological polar surface area (TPSA) is 32.8 Å². The fourth-order valence-electron chi connectivity index (χ4n) is 2.96. The van der Waals surface area contributed by atoms with Crippen molar-refractivity contribution in [3.8, 4) is 0 Å². The minimum atomic E-state index is -0.260. The number of benzene rings is 1. The van der Waals surface area contributed by atoms with Gasteiger partial charge in [0.1, 0.15) is 11.9 Å². The highest BCUT2D eigenvalue weighted by molar-refractivity contribution is 6.31. The van der Waals surface area contributed by atoms with E-state index in [1.807, 2.05) is 0 Å². The zero-order valence-electron chi connectivity index (χ0n) is 11.7. The van der Waals surface area contributed by atoms with E-state index in [0.29, 0.717) is 23.7 Å². The lowest BCUT2D eigenvalue weighted by Crippen LogP contribution is -2.51. The van der Waals surface area contributed by atoms with Crippen molar-refractivity contribution in [2.75, 3.05) is 32.8 Å². The molecule has 0 spiro atoms. The summed E-state index contributed by atoms with van der Waals surface area (Å²) in [5.41, 5.74) is 0.549. The number of cyclic esters (lactones) is 1. The molecule has 114 valence electrons. The van der Waals surface area contributed by atoms with E-state index in [0.717, 1.165) is 32.6 Å². The van der Waals surface area contributed by atoms with E-state index in [2.05, 4.69) is 9.80 Å². The van der Waals surface area contributed by atoms with E-state index in [4.69, 9.17) is 16.3 Å². The predicted molar refractivity (Wildman–Crippen MR) is 77.6 cm³/mol. The van der Waals surface area contributed by atoms with Crippen LogP contribution in [0.1, 0.15) is 12.0 Å². The van der Waals surface area contributed by atoms with E-state index in [1.165, 1.54) is 6.07 Å². The van der Waals surface area contributed by atoms with Gasteiger partial charge < -0.3 is 4.74 Å². The fourth-order valence-corrected chi connectivity index (χ4v) is 3.18. The normalized spacial score (nSPS) is 24.3. The number of hydrogen-bond acceptors (Lipinski definition) is 4. The van der Waals surface area contributed by atoms with Crippen LogP contribution in [0.2, 0.25) is 5.02 Å². The Kier molecular flexibility index (Phi) is 4.42. The SMILES string of the molecule is O=C1OCCC1N1CCN(Cc2c(F)cccc2Cl)CC1. The summed E-state index contributed by atoms with van der Waals surface area (Å²) in [7, 11) is 0. The summed E-state index contributed by atoms with van der Waals surface area (Å²) in [5.74, 6) is -0.370. The molecule has 0 aromatic heterocycles. The van der Waals surface area contributed by atoms with Gasteiger partial charge >= 0.3 is 5.97 Å². The highest BCUT2D eigenvalue weighted by atomic mass is 35.5. The first-order chi connectivity index (χ1) is 10.1. The highest BCUT2D eigenvalue weighted by Crippen LogP contribution is 2.22. The van der Waals surface area contributed by atoms with Gasteiger partial charge in [0.2, 0.25) is 0 Å². The molecule has 21 heavy (non-hydrogen) atoms. The van der Waals surface area contributed by atoms with E-state index >= 15 is 0 Å². The van der Waals surface area contributed by atoms with Crippen LogP contribution in [0.15, 0.2) is 18.2 Å². The van der Waals surface area contributed by atoms with Gasteiger partial charge in [0.15, 0.2) is 0 Å². The average molecular weight is 313 g/mol. The number of rotatable bonds is 3. The minimum Gasteiger partial charge on any atom is -0.464 e. The number of carbonyl (C=O) groups is 1. The largest absolute Gasteiger partial charge is 0.464 e. The molecule has 0 saturated carbocycles. The van der Waals surface area contributed by atoms with Crippen LogP contribution in [0.25, 0.3) is 0 Å². The summed E-state index contributed by atoms with van der Waals surface area (Å²) in [6.07, 6.45) is 0.776. The number of hydrogen-bond donors (Lipinski definition) is 0. The summed E-state index contributed by atoms with van der Waals surface area (Å²) >= 11 is 6.06. The van der Waals surface area contributed by atoms with Crippen molar-refractivity contribution in [3.05, 3.63) is 34.6 Å². The molecule has 0 bridgehead atoms. The van der Waals surface area contributed by atoms with Crippen molar-refractivity contribution in [2.45, 2.75) is 19.0 Å². The molecule has 2 fully saturated rings. The first-order valence-corrected chi connectivity index (χ1v) is 7.59. The molecule has 4 nitrogen and oxygen atoms in total. The molecule has 3 rings (SSSR count). The number of piperazine rings is 1. The van der Waals surface area contributed by atoms with Gasteiger partial charge in [-0.05, 0) is 12.1 Å². The molecule has 2 heterocycles. The number of esters is 1. The highest BCUT2D eigenvalue weighted by Gasteiger charge is 2.34. The third-order valence-corrected chi connectivity index (χ3v) is 4.55. The molecule has 1 unspecified atom stereocenters. The molecule has 0 N–H and O–H groups in total. The van der Waals surface area contributed by atoms with Gasteiger partial charge in [0.25, 0.3) is 0 Å². The molecule has 1 atom stereocenters. The molecule has 2 saturated heterocycles. The third kappa shape index (κ3) is 3.20. The lowest BCUT2D eigenvalue weighted by molar-refractivity contribution is -0.142. The lowest BCUT2D eigenvalue weighted by atomic mass is 10.1. The molecular weight excluding hydrogens is 295 g/mol. The van der Waals surface area contributed by atoms with Crippen molar-refractivity contribution in [1.82, 2.24) is 9.80 Å². The van der Waals surface area contributed by atoms with Gasteiger partial charge in [-0.3, -0.25) is 14.6 Å². The van der Waals surface area contributed by atoms with Gasteiger partial charge in [-0.1, -0.05) is 17.7 Å². The Bertz CT molecular complexity index is 512. The molecule has 2 aliphatic rings. The Morgan fingerprint density at radius 1 is 1.29 bits per heavy atom. The Hall–Kier alpha value is -1.17. The smallest absolute Gasteiger partial charge is 0.323 e. The molecule has 6 heteroatoms. The molecule has 2 aliphatic heterocycles. The van der Waals surface area contributed by atoms with E-state index in [-0.39, 0.29) is 17.8 Å². The van der Waals surface area contributed by atoms with Crippen molar-refractivity contribution in [2.24, 2.45) is 0 Å². The summed E-state index contributed by atoms with van der Waals surface area (Å²) in [6.45, 7) is 4.23. The van der Waals surface area contributed by atoms with Crippen LogP contribution in [0.5, 0.6) is 0 Å². The summed E-state index contributed by atoms with van der Waals surface area (Å²) in [6, 6.07) is 4.67. The van der Waals surface area contributed by atoms with Crippen LogP contribution in [0.3, 0.4) is 0 Å². The summed E-state index contributed by atoms with van der Waals surface area (Å²) in [5, 5.41) is 0.469. The molecule has 1 aromatic rings. The second kappa shape index (κ2) is 6.30. The van der Waals surface area contributed by atoms with Crippen LogP contribution < -0.4 is 0 Å². The predicted octanol–water partition coefficient (Wildman–Crippen LogP) is 1.91. The quantitative estimate of drug-likeness (QED) is 0.798. The third-order valence-electron chi connectivity index (χ3n) is 4.20. The maximum atomic E-state index is 13.8. The maximum absolute atomic E-state index is 13.8. The number of nitrogens with zero attached hydrogens (tertiary/aromatic N) is 2. The van der Waals surface area contributed by atoms with Crippen LogP contribution in [0, 0.1) is 5.82 Å². The van der Waals surface area contributed by atoms with Gasteiger partial charge in [-0.15, -0.1) is 0 Å². The molecule has 1 aromatic carbocycles. The van der Waals surface area contributed by atoms with Crippen LogP contribution in [-0.4, -0.2) is 54.6 Å². The van der Waals surface area contributed by atoms with Gasteiger partial charge in [-0.2, -0.15) is 0 Å². The zero-order valence-corrected chi connectivity index (χ0v) is 12.5. The summed E-state index contributed by atoms with van der Waals surface area (Å²) < 4.78 is 18.8. The Labute approximate surface area is 128 Å². The molecule has 0 aliphatic carbocycles. The monoisotopic (exact) mass is 312 g/mol. The van der Waals surface area contributed by atoms with E-state index in [1.54, 1.807) is 12.1 Å². The second-order valence-electron chi connectivity index (χ2n) is 5.48. The first-order valence-electron chi connectivity index (χ1n) is 7.21. The Morgan fingerprint density at radius 3 is 2.67 bits per heavy atom.